The van der Waals surface area contributed by atoms with Crippen molar-refractivity contribution in [3.8, 4) is 5.75 Å². The van der Waals surface area contributed by atoms with Crippen LogP contribution in [-0.2, 0) is 6.42 Å². The molecule has 0 heterocycles. The smallest absolute Gasteiger partial charge is 0.115 e. The molecular formula is C10H17NOS. The van der Waals surface area contributed by atoms with Crippen molar-refractivity contribution in [2.24, 2.45) is 5.73 Å². The van der Waals surface area contributed by atoms with E-state index < -0.39 is 0 Å². The fraction of sp³-hybridized carbons (Fsp3) is 0.400. The number of thiol groups is 1. The van der Waals surface area contributed by atoms with E-state index in [1.165, 1.54) is 0 Å². The normalized spacial score (nSPS) is 11.8. The fourth-order valence-corrected chi connectivity index (χ4v) is 1.13. The molecule has 0 bridgehead atoms. The second-order valence-electron chi connectivity index (χ2n) is 2.81. The molecule has 3 heteroatoms. The maximum atomic E-state index is 9.00. The quantitative estimate of drug-likeness (QED) is 0.650. The summed E-state index contributed by atoms with van der Waals surface area (Å²) in [6, 6.07) is 7.18. The summed E-state index contributed by atoms with van der Waals surface area (Å²) in [5, 5.41) is 9.00. The zero-order valence-electron chi connectivity index (χ0n) is 6.77. The van der Waals surface area contributed by atoms with Gasteiger partial charge in [-0.3, -0.25) is 0 Å². The van der Waals surface area contributed by atoms with E-state index in [4.69, 9.17) is 10.8 Å². The van der Waals surface area contributed by atoms with E-state index in [0.717, 1.165) is 12.0 Å². The van der Waals surface area contributed by atoms with Crippen molar-refractivity contribution < 1.29 is 5.11 Å². The van der Waals surface area contributed by atoms with Gasteiger partial charge in [0, 0.05) is 11.8 Å². The summed E-state index contributed by atoms with van der Waals surface area (Å²) in [5.41, 5.74) is 6.84. The first-order valence-corrected chi connectivity index (χ1v) is 4.50. The zero-order chi connectivity index (χ0) is 8.97. The lowest BCUT2D eigenvalue weighted by Crippen LogP contribution is -2.24. The molecule has 0 spiro atoms. The van der Waals surface area contributed by atoms with E-state index >= 15 is 0 Å². The third kappa shape index (κ3) is 4.20. The van der Waals surface area contributed by atoms with E-state index in [1.54, 1.807) is 12.1 Å². The Labute approximate surface area is 85.2 Å². The number of benzene rings is 1. The Morgan fingerprint density at radius 2 is 1.85 bits per heavy atom. The standard InChI is InChI=1S/C9H13NOS.CH4/c10-8(6-12)5-7-1-3-9(11)4-2-7;/h1-4,8,11-12H,5-6,10H2;1H4. The topological polar surface area (TPSA) is 46.2 Å². The Bertz CT molecular complexity index is 235. The van der Waals surface area contributed by atoms with E-state index in [0.29, 0.717) is 5.75 Å². The summed E-state index contributed by atoms with van der Waals surface area (Å²) < 4.78 is 0. The third-order valence-electron chi connectivity index (χ3n) is 1.67. The molecule has 1 atom stereocenters. The second kappa shape index (κ2) is 5.89. The second-order valence-corrected chi connectivity index (χ2v) is 3.18. The van der Waals surface area contributed by atoms with Gasteiger partial charge in [0.25, 0.3) is 0 Å². The van der Waals surface area contributed by atoms with Gasteiger partial charge >= 0.3 is 0 Å². The van der Waals surface area contributed by atoms with Crippen LogP contribution in [0.4, 0.5) is 0 Å². The first kappa shape index (κ1) is 12.3. The highest BCUT2D eigenvalue weighted by Crippen LogP contribution is 2.10. The van der Waals surface area contributed by atoms with Crippen LogP contribution in [-0.4, -0.2) is 16.9 Å². The number of nitrogens with two attached hydrogens (primary N) is 1. The summed E-state index contributed by atoms with van der Waals surface area (Å²) in [6.45, 7) is 0. The average Bonchev–Trinajstić information content (AvgIpc) is 2.09. The Kier molecular flexibility index (Phi) is 5.58. The van der Waals surface area contributed by atoms with Gasteiger partial charge in [-0.1, -0.05) is 19.6 Å². The lowest BCUT2D eigenvalue weighted by atomic mass is 10.1. The maximum absolute atomic E-state index is 9.00. The molecule has 0 aliphatic heterocycles. The van der Waals surface area contributed by atoms with Gasteiger partial charge in [0.1, 0.15) is 5.75 Å². The highest BCUT2D eigenvalue weighted by atomic mass is 32.1. The molecular weight excluding hydrogens is 182 g/mol. The minimum atomic E-state index is 0. The SMILES string of the molecule is C.NC(CS)Cc1ccc(O)cc1. The molecule has 0 aromatic heterocycles. The Hall–Kier alpha value is -0.670. The molecule has 1 aromatic carbocycles. The van der Waals surface area contributed by atoms with Crippen LogP contribution in [0.5, 0.6) is 5.75 Å². The highest BCUT2D eigenvalue weighted by molar-refractivity contribution is 7.80. The predicted octanol–water partition coefficient (Wildman–Crippen LogP) is 1.83. The first-order chi connectivity index (χ1) is 5.72. The van der Waals surface area contributed by atoms with Crippen LogP contribution in [0.15, 0.2) is 24.3 Å². The van der Waals surface area contributed by atoms with E-state index in [1.807, 2.05) is 12.1 Å². The molecule has 0 radical (unpaired) electrons. The minimum Gasteiger partial charge on any atom is -0.508 e. The first-order valence-electron chi connectivity index (χ1n) is 3.86. The predicted molar refractivity (Wildman–Crippen MR) is 60.4 cm³/mol. The summed E-state index contributed by atoms with van der Waals surface area (Å²) in [4.78, 5) is 0. The van der Waals surface area contributed by atoms with Crippen molar-refractivity contribution in [1.29, 1.82) is 0 Å². The molecule has 0 amide bonds. The summed E-state index contributed by atoms with van der Waals surface area (Å²) in [6.07, 6.45) is 0.809. The zero-order valence-corrected chi connectivity index (χ0v) is 7.67. The van der Waals surface area contributed by atoms with Crippen molar-refractivity contribution in [3.63, 3.8) is 0 Å². The maximum Gasteiger partial charge on any atom is 0.115 e. The third-order valence-corrected chi connectivity index (χ3v) is 2.14. The fourth-order valence-electron chi connectivity index (χ4n) is 0.999. The van der Waals surface area contributed by atoms with Gasteiger partial charge in [-0.25, -0.2) is 0 Å². The van der Waals surface area contributed by atoms with Crippen LogP contribution in [0.3, 0.4) is 0 Å². The van der Waals surface area contributed by atoms with Crippen LogP contribution in [0.1, 0.15) is 13.0 Å². The highest BCUT2D eigenvalue weighted by Gasteiger charge is 2.00. The number of phenolic OH excluding ortho intramolecular Hbond substituents is 1. The lowest BCUT2D eigenvalue weighted by Gasteiger charge is -2.07. The molecule has 0 saturated heterocycles. The van der Waals surface area contributed by atoms with Crippen molar-refractivity contribution in [2.75, 3.05) is 5.75 Å². The Balaban J connectivity index is 0.00000144. The number of rotatable bonds is 3. The minimum absolute atomic E-state index is 0. The van der Waals surface area contributed by atoms with Gasteiger partial charge in [-0.05, 0) is 24.1 Å². The van der Waals surface area contributed by atoms with Gasteiger partial charge in [-0.2, -0.15) is 12.6 Å². The molecule has 3 N–H and O–H groups in total. The number of aromatic hydroxyl groups is 1. The molecule has 1 aromatic rings. The molecule has 1 rings (SSSR count). The van der Waals surface area contributed by atoms with Crippen LogP contribution >= 0.6 is 12.6 Å². The Morgan fingerprint density at radius 1 is 1.31 bits per heavy atom. The van der Waals surface area contributed by atoms with Gasteiger partial charge in [0.2, 0.25) is 0 Å². The van der Waals surface area contributed by atoms with Gasteiger partial charge in [0.15, 0.2) is 0 Å². The molecule has 0 fully saturated rings. The molecule has 0 saturated carbocycles. The molecule has 13 heavy (non-hydrogen) atoms. The van der Waals surface area contributed by atoms with Crippen molar-refractivity contribution in [1.82, 2.24) is 0 Å². The molecule has 0 aliphatic carbocycles. The van der Waals surface area contributed by atoms with Gasteiger partial charge < -0.3 is 10.8 Å². The average molecular weight is 199 g/mol. The van der Waals surface area contributed by atoms with Crippen LogP contribution < -0.4 is 5.73 Å². The molecule has 1 unspecified atom stereocenters. The van der Waals surface area contributed by atoms with Crippen LogP contribution in [0.2, 0.25) is 0 Å². The van der Waals surface area contributed by atoms with Crippen LogP contribution in [0, 0.1) is 0 Å². The van der Waals surface area contributed by atoms with E-state index in [2.05, 4.69) is 12.6 Å². The van der Waals surface area contributed by atoms with Crippen LogP contribution in [0.25, 0.3) is 0 Å². The molecule has 0 aliphatic rings. The Morgan fingerprint density at radius 3 is 2.31 bits per heavy atom. The van der Waals surface area contributed by atoms with E-state index in [9.17, 15) is 0 Å². The largest absolute Gasteiger partial charge is 0.508 e. The van der Waals surface area contributed by atoms with Crippen molar-refractivity contribution in [2.45, 2.75) is 19.9 Å². The number of hydrogen-bond donors (Lipinski definition) is 3. The van der Waals surface area contributed by atoms with Crippen molar-refractivity contribution >= 4 is 12.6 Å². The number of phenols is 1. The summed E-state index contributed by atoms with van der Waals surface area (Å²) in [5.74, 6) is 0.971. The van der Waals surface area contributed by atoms with Gasteiger partial charge in [0.05, 0.1) is 0 Å². The van der Waals surface area contributed by atoms with Gasteiger partial charge in [-0.15, -0.1) is 0 Å². The molecule has 74 valence electrons. The van der Waals surface area contributed by atoms with Crippen molar-refractivity contribution in [3.05, 3.63) is 29.8 Å². The van der Waals surface area contributed by atoms with E-state index in [-0.39, 0.29) is 19.2 Å². The lowest BCUT2D eigenvalue weighted by molar-refractivity contribution is 0.475. The summed E-state index contributed by atoms with van der Waals surface area (Å²) >= 11 is 4.09. The monoisotopic (exact) mass is 199 g/mol. The summed E-state index contributed by atoms with van der Waals surface area (Å²) in [7, 11) is 0. The molecule has 2 nitrogen and oxygen atoms in total. The number of hydrogen-bond acceptors (Lipinski definition) is 3.